The molecular formula is C11H13Cl2NO. The summed E-state index contributed by atoms with van der Waals surface area (Å²) in [6, 6.07) is 5.66. The average molecular weight is 246 g/mol. The van der Waals surface area contributed by atoms with E-state index in [4.69, 9.17) is 23.2 Å². The number of hydrogen-bond acceptors (Lipinski definition) is 2. The van der Waals surface area contributed by atoms with Crippen molar-refractivity contribution in [2.45, 2.75) is 5.92 Å². The zero-order chi connectivity index (χ0) is 10.8. The van der Waals surface area contributed by atoms with Gasteiger partial charge in [0.1, 0.15) is 0 Å². The highest BCUT2D eigenvalue weighted by molar-refractivity contribution is 6.42. The summed E-state index contributed by atoms with van der Waals surface area (Å²) in [5, 5.41) is 13.7. The average Bonchev–Trinajstić information content (AvgIpc) is 2.70. The minimum absolute atomic E-state index is 0.181. The number of benzene rings is 1. The van der Waals surface area contributed by atoms with Crippen LogP contribution in [0.15, 0.2) is 18.2 Å². The molecule has 0 radical (unpaired) electrons. The van der Waals surface area contributed by atoms with Crippen LogP contribution in [0.25, 0.3) is 0 Å². The monoisotopic (exact) mass is 245 g/mol. The summed E-state index contributed by atoms with van der Waals surface area (Å²) in [6.45, 7) is 1.87. The highest BCUT2D eigenvalue weighted by atomic mass is 35.5. The molecule has 2 N–H and O–H groups in total. The van der Waals surface area contributed by atoms with Crippen molar-refractivity contribution in [2.75, 3.05) is 19.7 Å². The van der Waals surface area contributed by atoms with E-state index in [1.807, 2.05) is 12.1 Å². The maximum Gasteiger partial charge on any atom is 0.0627 e. The third kappa shape index (κ3) is 2.13. The lowest BCUT2D eigenvalue weighted by Gasteiger charge is -2.18. The molecule has 0 unspecified atom stereocenters. The highest BCUT2D eigenvalue weighted by Crippen LogP contribution is 2.36. The third-order valence-corrected chi connectivity index (χ3v) is 3.79. The van der Waals surface area contributed by atoms with Gasteiger partial charge in [-0.2, -0.15) is 0 Å². The molecular weight excluding hydrogens is 233 g/mol. The van der Waals surface area contributed by atoms with Gasteiger partial charge in [-0.3, -0.25) is 0 Å². The molecule has 2 atom stereocenters. The number of aliphatic hydroxyl groups excluding tert-OH is 1. The number of aliphatic hydroxyl groups is 1. The zero-order valence-electron chi connectivity index (χ0n) is 8.21. The molecule has 1 aliphatic heterocycles. The van der Waals surface area contributed by atoms with Crippen molar-refractivity contribution in [3.05, 3.63) is 33.8 Å². The Morgan fingerprint density at radius 1 is 1.33 bits per heavy atom. The van der Waals surface area contributed by atoms with E-state index in [0.29, 0.717) is 10.0 Å². The molecule has 0 amide bonds. The Morgan fingerprint density at radius 3 is 2.87 bits per heavy atom. The predicted molar refractivity (Wildman–Crippen MR) is 62.6 cm³/mol. The van der Waals surface area contributed by atoms with Crippen molar-refractivity contribution in [1.29, 1.82) is 0 Å². The Bertz CT molecular complexity index is 356. The van der Waals surface area contributed by atoms with Crippen molar-refractivity contribution in [3.63, 3.8) is 0 Å². The quantitative estimate of drug-likeness (QED) is 0.839. The van der Waals surface area contributed by atoms with E-state index in [9.17, 15) is 5.11 Å². The van der Waals surface area contributed by atoms with Gasteiger partial charge in [-0.1, -0.05) is 35.3 Å². The van der Waals surface area contributed by atoms with Crippen LogP contribution in [0.1, 0.15) is 11.5 Å². The van der Waals surface area contributed by atoms with E-state index in [0.717, 1.165) is 18.7 Å². The van der Waals surface area contributed by atoms with Crippen LogP contribution in [0.5, 0.6) is 0 Å². The maximum absolute atomic E-state index is 9.24. The zero-order valence-corrected chi connectivity index (χ0v) is 9.72. The fraction of sp³-hybridized carbons (Fsp3) is 0.455. The molecule has 2 rings (SSSR count). The van der Waals surface area contributed by atoms with Gasteiger partial charge in [-0.05, 0) is 11.6 Å². The van der Waals surface area contributed by atoms with Gasteiger partial charge in [-0.25, -0.2) is 0 Å². The van der Waals surface area contributed by atoms with Crippen LogP contribution in [0.4, 0.5) is 0 Å². The molecule has 1 aliphatic rings. The molecule has 15 heavy (non-hydrogen) atoms. The van der Waals surface area contributed by atoms with Crippen molar-refractivity contribution in [1.82, 2.24) is 5.32 Å². The second-order valence-corrected chi connectivity index (χ2v) is 4.64. The molecule has 1 aromatic carbocycles. The Morgan fingerprint density at radius 2 is 2.13 bits per heavy atom. The summed E-state index contributed by atoms with van der Waals surface area (Å²) in [4.78, 5) is 0. The molecule has 1 fully saturated rings. The van der Waals surface area contributed by atoms with E-state index >= 15 is 0 Å². The number of rotatable bonds is 2. The molecule has 0 aliphatic carbocycles. The van der Waals surface area contributed by atoms with E-state index in [2.05, 4.69) is 5.32 Å². The SMILES string of the molecule is OC[C@H]1CNC[C@@H]1c1cccc(Cl)c1Cl. The Kier molecular flexibility index (Phi) is 3.52. The van der Waals surface area contributed by atoms with Crippen LogP contribution in [0.2, 0.25) is 10.0 Å². The summed E-state index contributed by atoms with van der Waals surface area (Å²) in [7, 11) is 0. The summed E-state index contributed by atoms with van der Waals surface area (Å²) in [5.74, 6) is 0.502. The lowest BCUT2D eigenvalue weighted by atomic mass is 9.89. The van der Waals surface area contributed by atoms with Crippen molar-refractivity contribution >= 4 is 23.2 Å². The van der Waals surface area contributed by atoms with Gasteiger partial charge in [0.05, 0.1) is 10.0 Å². The summed E-state index contributed by atoms with van der Waals surface area (Å²) >= 11 is 12.1. The molecule has 0 spiro atoms. The summed E-state index contributed by atoms with van der Waals surface area (Å²) in [5.41, 5.74) is 1.04. The Hall–Kier alpha value is -0.280. The topological polar surface area (TPSA) is 32.3 Å². The minimum atomic E-state index is 0.181. The van der Waals surface area contributed by atoms with Crippen LogP contribution in [-0.2, 0) is 0 Å². The summed E-state index contributed by atoms with van der Waals surface area (Å²) < 4.78 is 0. The normalized spacial score (nSPS) is 25.8. The minimum Gasteiger partial charge on any atom is -0.396 e. The number of nitrogens with one attached hydrogen (secondary N) is 1. The summed E-state index contributed by atoms with van der Waals surface area (Å²) in [6.07, 6.45) is 0. The first-order chi connectivity index (χ1) is 7.24. The molecule has 0 saturated carbocycles. The molecule has 0 aromatic heterocycles. The second-order valence-electron chi connectivity index (χ2n) is 3.85. The molecule has 4 heteroatoms. The van der Waals surface area contributed by atoms with Gasteiger partial charge >= 0.3 is 0 Å². The first kappa shape index (κ1) is 11.2. The van der Waals surface area contributed by atoms with Crippen LogP contribution < -0.4 is 5.32 Å². The molecule has 0 bridgehead atoms. The van der Waals surface area contributed by atoms with Gasteiger partial charge < -0.3 is 10.4 Å². The largest absolute Gasteiger partial charge is 0.396 e. The molecule has 2 nitrogen and oxygen atoms in total. The second kappa shape index (κ2) is 4.71. The van der Waals surface area contributed by atoms with Crippen molar-refractivity contribution in [2.24, 2.45) is 5.92 Å². The van der Waals surface area contributed by atoms with Crippen LogP contribution in [-0.4, -0.2) is 24.8 Å². The molecule has 82 valence electrons. The van der Waals surface area contributed by atoms with Crippen LogP contribution in [0, 0.1) is 5.92 Å². The van der Waals surface area contributed by atoms with Crippen molar-refractivity contribution in [3.8, 4) is 0 Å². The predicted octanol–water partition coefficient (Wildman–Crippen LogP) is 2.29. The van der Waals surface area contributed by atoms with Crippen LogP contribution >= 0.6 is 23.2 Å². The Balaban J connectivity index is 2.32. The van der Waals surface area contributed by atoms with Crippen molar-refractivity contribution < 1.29 is 5.11 Å². The fourth-order valence-corrected chi connectivity index (χ4v) is 2.54. The van der Waals surface area contributed by atoms with Gasteiger partial charge in [0, 0.05) is 31.5 Å². The van der Waals surface area contributed by atoms with Gasteiger partial charge in [0.2, 0.25) is 0 Å². The smallest absolute Gasteiger partial charge is 0.0627 e. The fourth-order valence-electron chi connectivity index (χ4n) is 2.10. The lowest BCUT2D eigenvalue weighted by molar-refractivity contribution is 0.226. The number of hydrogen-bond donors (Lipinski definition) is 2. The number of halogens is 2. The van der Waals surface area contributed by atoms with Gasteiger partial charge in [-0.15, -0.1) is 0 Å². The Labute approximate surface area is 99.2 Å². The van der Waals surface area contributed by atoms with Crippen LogP contribution in [0.3, 0.4) is 0 Å². The van der Waals surface area contributed by atoms with Gasteiger partial charge in [0.15, 0.2) is 0 Å². The third-order valence-electron chi connectivity index (χ3n) is 2.96. The lowest BCUT2D eigenvalue weighted by Crippen LogP contribution is -2.15. The van der Waals surface area contributed by atoms with E-state index in [1.54, 1.807) is 6.07 Å². The maximum atomic E-state index is 9.24. The van der Waals surface area contributed by atoms with E-state index in [1.165, 1.54) is 0 Å². The van der Waals surface area contributed by atoms with E-state index in [-0.39, 0.29) is 18.4 Å². The van der Waals surface area contributed by atoms with Gasteiger partial charge in [0.25, 0.3) is 0 Å². The molecule has 1 heterocycles. The van der Waals surface area contributed by atoms with E-state index < -0.39 is 0 Å². The first-order valence-electron chi connectivity index (χ1n) is 4.99. The highest BCUT2D eigenvalue weighted by Gasteiger charge is 2.29. The molecule has 1 saturated heterocycles. The molecule has 1 aromatic rings. The standard InChI is InChI=1S/C11H13Cl2NO/c12-10-3-1-2-8(11(10)13)9-5-14-4-7(9)6-15/h1-3,7,9,14-15H,4-6H2/t7-,9+/m1/s1. The first-order valence-corrected chi connectivity index (χ1v) is 5.75.